The molecule has 2 heterocycles. The highest BCUT2D eigenvalue weighted by Crippen LogP contribution is 2.29. The predicted octanol–water partition coefficient (Wildman–Crippen LogP) is 4.19. The summed E-state index contributed by atoms with van der Waals surface area (Å²) in [5.41, 5.74) is 7.05. The molecule has 2 aromatic heterocycles. The lowest BCUT2D eigenvalue weighted by Crippen LogP contribution is -2.41. The van der Waals surface area contributed by atoms with E-state index in [1.807, 2.05) is 41.9 Å². The van der Waals surface area contributed by atoms with Crippen LogP contribution in [0.25, 0.3) is 10.2 Å². The number of nitrogens with zero attached hydrogens (tertiary/aromatic N) is 2. The second kappa shape index (κ2) is 8.79. The number of carbonyl (C=O) groups is 2. The number of fused-ring (bicyclic) bond motifs is 1. The molecule has 2 aromatic carbocycles. The first-order valence-electron chi connectivity index (χ1n) is 9.41. The molecule has 31 heavy (non-hydrogen) atoms. The molecular weight excluding hydrogens is 436 g/mol. The van der Waals surface area contributed by atoms with Crippen LogP contribution < -0.4 is 15.6 Å². The lowest BCUT2D eigenvalue weighted by Gasteiger charge is -2.10. The van der Waals surface area contributed by atoms with Crippen LogP contribution in [-0.2, 0) is 6.54 Å². The molecule has 0 spiro atoms. The van der Waals surface area contributed by atoms with E-state index in [0.717, 1.165) is 21.5 Å². The number of aryl methyl sites for hydroxylation is 1. The van der Waals surface area contributed by atoms with E-state index in [2.05, 4.69) is 16.0 Å². The van der Waals surface area contributed by atoms with Crippen LogP contribution in [0.3, 0.4) is 0 Å². The average molecular weight is 455 g/mol. The molecule has 0 fully saturated rings. The zero-order valence-electron chi connectivity index (χ0n) is 16.8. The number of methoxy groups -OCH3 is 1. The number of thiophene rings is 1. The molecule has 4 aromatic rings. The molecule has 0 atom stereocenters. The smallest absolute Gasteiger partial charge is 0.279 e. The number of halogens is 1. The first kappa shape index (κ1) is 20.9. The highest BCUT2D eigenvalue weighted by Gasteiger charge is 2.18. The maximum absolute atomic E-state index is 12.6. The number of hydrogen-bond donors (Lipinski definition) is 2. The number of aromatic nitrogens is 2. The fourth-order valence-corrected chi connectivity index (χ4v) is 4.42. The second-order valence-electron chi connectivity index (χ2n) is 6.81. The third kappa shape index (κ3) is 4.40. The first-order valence-corrected chi connectivity index (χ1v) is 10.6. The third-order valence-corrected chi connectivity index (χ3v) is 6.08. The lowest BCUT2D eigenvalue weighted by molar-refractivity contribution is 0.0847. The molecule has 0 radical (unpaired) electrons. The van der Waals surface area contributed by atoms with Crippen LogP contribution in [0.4, 0.5) is 0 Å². The van der Waals surface area contributed by atoms with Crippen molar-refractivity contribution in [2.24, 2.45) is 0 Å². The summed E-state index contributed by atoms with van der Waals surface area (Å²) in [5.74, 6) is -0.587. The van der Waals surface area contributed by atoms with Gasteiger partial charge in [-0.2, -0.15) is 5.10 Å². The van der Waals surface area contributed by atoms with E-state index in [-0.39, 0.29) is 5.56 Å². The Morgan fingerprint density at radius 1 is 1.10 bits per heavy atom. The van der Waals surface area contributed by atoms with Gasteiger partial charge in [0.05, 0.1) is 29.8 Å². The second-order valence-corrected chi connectivity index (χ2v) is 8.28. The SMILES string of the molecule is COc1ccc(Cl)cc1C(=O)NNC(=O)c1cc2c(C)nn(Cc3ccccc3)c2s1. The standard InChI is InChI=1S/C22H19ClN4O3S/c1-13-16-11-19(31-22(16)27(26-13)12-14-6-4-3-5-7-14)21(29)25-24-20(28)17-10-15(23)8-9-18(17)30-2/h3-11H,12H2,1-2H3,(H,24,28)(H,25,29). The topological polar surface area (TPSA) is 85.2 Å². The van der Waals surface area contributed by atoms with E-state index in [4.69, 9.17) is 16.3 Å². The minimum Gasteiger partial charge on any atom is -0.496 e. The van der Waals surface area contributed by atoms with Crippen LogP contribution in [0.1, 0.15) is 31.3 Å². The van der Waals surface area contributed by atoms with Crippen molar-refractivity contribution in [1.82, 2.24) is 20.6 Å². The van der Waals surface area contributed by atoms with Crippen molar-refractivity contribution < 1.29 is 14.3 Å². The molecule has 0 saturated carbocycles. The quantitative estimate of drug-likeness (QED) is 0.443. The summed E-state index contributed by atoms with van der Waals surface area (Å²) in [5, 5.41) is 5.89. The van der Waals surface area contributed by atoms with E-state index in [0.29, 0.717) is 22.2 Å². The largest absolute Gasteiger partial charge is 0.496 e. The van der Waals surface area contributed by atoms with Gasteiger partial charge in [0.15, 0.2) is 0 Å². The Hall–Kier alpha value is -3.36. The first-order chi connectivity index (χ1) is 15.0. The Bertz CT molecular complexity index is 1270. The summed E-state index contributed by atoms with van der Waals surface area (Å²) in [7, 11) is 1.46. The summed E-state index contributed by atoms with van der Waals surface area (Å²) < 4.78 is 7.06. The number of benzene rings is 2. The van der Waals surface area contributed by atoms with Crippen LogP contribution >= 0.6 is 22.9 Å². The number of ether oxygens (including phenoxy) is 1. The zero-order chi connectivity index (χ0) is 22.0. The van der Waals surface area contributed by atoms with E-state index < -0.39 is 11.8 Å². The van der Waals surface area contributed by atoms with Gasteiger partial charge in [-0.15, -0.1) is 11.3 Å². The van der Waals surface area contributed by atoms with Crippen molar-refractivity contribution in [3.63, 3.8) is 0 Å². The number of hydrazine groups is 1. The van der Waals surface area contributed by atoms with Gasteiger partial charge in [0, 0.05) is 10.4 Å². The van der Waals surface area contributed by atoms with E-state index >= 15 is 0 Å². The van der Waals surface area contributed by atoms with Gasteiger partial charge in [0.25, 0.3) is 11.8 Å². The molecule has 2 amide bonds. The van der Waals surface area contributed by atoms with Crippen molar-refractivity contribution in [2.45, 2.75) is 13.5 Å². The monoisotopic (exact) mass is 454 g/mol. The number of amides is 2. The molecule has 9 heteroatoms. The molecule has 0 saturated heterocycles. The van der Waals surface area contributed by atoms with Gasteiger partial charge in [-0.05, 0) is 36.8 Å². The van der Waals surface area contributed by atoms with Gasteiger partial charge in [0.2, 0.25) is 0 Å². The van der Waals surface area contributed by atoms with Gasteiger partial charge >= 0.3 is 0 Å². The minimum atomic E-state index is -0.528. The minimum absolute atomic E-state index is 0.223. The van der Waals surface area contributed by atoms with Crippen molar-refractivity contribution in [1.29, 1.82) is 0 Å². The highest BCUT2D eigenvalue weighted by molar-refractivity contribution is 7.20. The van der Waals surface area contributed by atoms with Crippen LogP contribution in [0.5, 0.6) is 5.75 Å². The molecule has 0 unspecified atom stereocenters. The van der Waals surface area contributed by atoms with Gasteiger partial charge in [-0.1, -0.05) is 41.9 Å². The Balaban J connectivity index is 1.50. The van der Waals surface area contributed by atoms with Crippen LogP contribution in [0, 0.1) is 6.92 Å². The maximum Gasteiger partial charge on any atom is 0.279 e. The Morgan fingerprint density at radius 2 is 1.84 bits per heavy atom. The van der Waals surface area contributed by atoms with Gasteiger partial charge in [-0.25, -0.2) is 0 Å². The summed E-state index contributed by atoms with van der Waals surface area (Å²) in [6.45, 7) is 2.52. The van der Waals surface area contributed by atoms with Gasteiger partial charge in [0.1, 0.15) is 10.6 Å². The number of nitrogens with one attached hydrogen (secondary N) is 2. The van der Waals surface area contributed by atoms with Crippen molar-refractivity contribution in [3.8, 4) is 5.75 Å². The molecule has 0 bridgehead atoms. The third-order valence-electron chi connectivity index (χ3n) is 4.70. The molecule has 2 N–H and O–H groups in total. The van der Waals surface area contributed by atoms with E-state index in [1.54, 1.807) is 18.2 Å². The molecule has 0 aliphatic carbocycles. The fourth-order valence-electron chi connectivity index (χ4n) is 3.19. The predicted molar refractivity (Wildman–Crippen MR) is 121 cm³/mol. The maximum atomic E-state index is 12.6. The van der Waals surface area contributed by atoms with Gasteiger partial charge in [-0.3, -0.25) is 25.1 Å². The van der Waals surface area contributed by atoms with Crippen LogP contribution in [0.15, 0.2) is 54.6 Å². The molecule has 0 aliphatic heterocycles. The molecule has 0 aliphatic rings. The number of rotatable bonds is 5. The normalized spacial score (nSPS) is 10.8. The lowest BCUT2D eigenvalue weighted by atomic mass is 10.2. The summed E-state index contributed by atoms with van der Waals surface area (Å²) in [6, 6.07) is 16.5. The number of carbonyl (C=O) groups excluding carboxylic acids is 2. The summed E-state index contributed by atoms with van der Waals surface area (Å²) in [4.78, 5) is 26.5. The molecule has 158 valence electrons. The van der Waals surface area contributed by atoms with Crippen molar-refractivity contribution >= 4 is 45.0 Å². The highest BCUT2D eigenvalue weighted by atomic mass is 35.5. The summed E-state index contributed by atoms with van der Waals surface area (Å²) >= 11 is 7.29. The van der Waals surface area contributed by atoms with Crippen molar-refractivity contribution in [2.75, 3.05) is 7.11 Å². The summed E-state index contributed by atoms with van der Waals surface area (Å²) in [6.07, 6.45) is 0. The van der Waals surface area contributed by atoms with Gasteiger partial charge < -0.3 is 4.74 Å². The Morgan fingerprint density at radius 3 is 2.58 bits per heavy atom. The van der Waals surface area contributed by atoms with Crippen LogP contribution in [0.2, 0.25) is 5.02 Å². The zero-order valence-corrected chi connectivity index (χ0v) is 18.4. The van der Waals surface area contributed by atoms with Crippen molar-refractivity contribution in [3.05, 3.63) is 81.3 Å². The van der Waals surface area contributed by atoms with Crippen LogP contribution in [-0.4, -0.2) is 28.7 Å². The average Bonchev–Trinajstić information content (AvgIpc) is 3.34. The molecule has 4 rings (SSSR count). The Kier molecular flexibility index (Phi) is 5.92. The fraction of sp³-hybridized carbons (Fsp3) is 0.136. The van der Waals surface area contributed by atoms with E-state index in [9.17, 15) is 9.59 Å². The number of hydrogen-bond acceptors (Lipinski definition) is 5. The Labute approximate surface area is 187 Å². The molecule has 7 nitrogen and oxygen atoms in total. The van der Waals surface area contributed by atoms with E-state index in [1.165, 1.54) is 24.5 Å². The molecular formula is C22H19ClN4O3S.